The minimum absolute atomic E-state index is 0.106. The minimum atomic E-state index is -1.06. The summed E-state index contributed by atoms with van der Waals surface area (Å²) in [6.07, 6.45) is 0.497. The third kappa shape index (κ3) is 6.44. The standard InChI is InChI=1S/C27H31IN2O6/c28-21-8-4-5-9-23(21)36-24-15-20(26(33)29-11-12-31)14-22(25(24)32)30(16-18-6-2-1-3-7-18)27(34)19-10-13-35-17-19/h1-9,15,19,22,24-25,31-32H,10-14,16-17H2,(H,29,33). The van der Waals surface area contributed by atoms with Gasteiger partial charge in [-0.15, -0.1) is 0 Å². The molecule has 4 atom stereocenters. The number of carbonyl (C=O) groups is 2. The highest BCUT2D eigenvalue weighted by atomic mass is 127. The molecular weight excluding hydrogens is 575 g/mol. The van der Waals surface area contributed by atoms with E-state index in [0.29, 0.717) is 37.5 Å². The summed E-state index contributed by atoms with van der Waals surface area (Å²) in [6, 6.07) is 16.3. The van der Waals surface area contributed by atoms with Crippen molar-refractivity contribution in [2.75, 3.05) is 26.4 Å². The number of nitrogens with zero attached hydrogens (tertiary/aromatic N) is 1. The van der Waals surface area contributed by atoms with Crippen molar-refractivity contribution < 1.29 is 29.3 Å². The zero-order chi connectivity index (χ0) is 25.5. The van der Waals surface area contributed by atoms with Gasteiger partial charge in [-0.3, -0.25) is 9.59 Å². The van der Waals surface area contributed by atoms with Gasteiger partial charge in [0, 0.05) is 31.7 Å². The van der Waals surface area contributed by atoms with Crippen LogP contribution in [-0.2, 0) is 20.9 Å². The quantitative estimate of drug-likeness (QED) is 0.379. The first kappa shape index (κ1) is 26.6. The predicted octanol–water partition coefficient (Wildman–Crippen LogP) is 2.27. The fraction of sp³-hybridized carbons (Fsp3) is 0.407. The van der Waals surface area contributed by atoms with Crippen molar-refractivity contribution in [2.45, 2.75) is 37.6 Å². The molecule has 2 aliphatic rings. The van der Waals surface area contributed by atoms with Crippen LogP contribution in [0.5, 0.6) is 5.75 Å². The van der Waals surface area contributed by atoms with Crippen LogP contribution in [0.3, 0.4) is 0 Å². The van der Waals surface area contributed by atoms with Gasteiger partial charge in [0.2, 0.25) is 11.8 Å². The molecule has 0 saturated carbocycles. The van der Waals surface area contributed by atoms with Crippen molar-refractivity contribution in [3.05, 3.63) is 75.4 Å². The summed E-state index contributed by atoms with van der Waals surface area (Å²) in [6.45, 7) is 1.08. The van der Waals surface area contributed by atoms with E-state index in [1.54, 1.807) is 17.0 Å². The van der Waals surface area contributed by atoms with Crippen LogP contribution in [0.15, 0.2) is 66.2 Å². The summed E-state index contributed by atoms with van der Waals surface area (Å²) in [7, 11) is 0. The molecule has 1 saturated heterocycles. The van der Waals surface area contributed by atoms with Crippen molar-refractivity contribution in [3.63, 3.8) is 0 Å². The van der Waals surface area contributed by atoms with E-state index < -0.39 is 18.2 Å². The molecule has 2 aromatic rings. The monoisotopic (exact) mass is 606 g/mol. The second-order valence-electron chi connectivity index (χ2n) is 8.96. The lowest BCUT2D eigenvalue weighted by atomic mass is 9.87. The summed E-state index contributed by atoms with van der Waals surface area (Å²) in [4.78, 5) is 28.3. The molecule has 36 heavy (non-hydrogen) atoms. The van der Waals surface area contributed by atoms with Gasteiger partial charge in [-0.1, -0.05) is 42.5 Å². The molecule has 1 heterocycles. The fourth-order valence-corrected chi connectivity index (χ4v) is 5.08. The Morgan fingerprint density at radius 1 is 1.14 bits per heavy atom. The normalized spacial score (nSPS) is 23.6. The van der Waals surface area contributed by atoms with E-state index >= 15 is 0 Å². The Kier molecular flexibility index (Phi) is 9.35. The molecule has 4 rings (SSSR count). The van der Waals surface area contributed by atoms with Gasteiger partial charge in [-0.05, 0) is 52.8 Å². The van der Waals surface area contributed by atoms with Crippen LogP contribution in [-0.4, -0.2) is 71.5 Å². The Hall–Kier alpha value is -2.47. The Balaban J connectivity index is 1.67. The molecule has 9 heteroatoms. The lowest BCUT2D eigenvalue weighted by Gasteiger charge is -2.41. The Labute approximate surface area is 224 Å². The number of benzene rings is 2. The lowest BCUT2D eigenvalue weighted by Crippen LogP contribution is -2.56. The molecule has 8 nitrogen and oxygen atoms in total. The molecular formula is C27H31IN2O6. The summed E-state index contributed by atoms with van der Waals surface area (Å²) in [5, 5.41) is 23.4. The molecule has 0 bridgehead atoms. The van der Waals surface area contributed by atoms with Gasteiger partial charge in [0.05, 0.1) is 28.7 Å². The van der Waals surface area contributed by atoms with E-state index in [2.05, 4.69) is 27.9 Å². The zero-order valence-corrected chi connectivity index (χ0v) is 22.0. The van der Waals surface area contributed by atoms with Crippen molar-refractivity contribution in [2.24, 2.45) is 5.92 Å². The molecule has 2 amide bonds. The molecule has 0 aromatic heterocycles. The number of ether oxygens (including phenoxy) is 2. The number of aliphatic hydroxyl groups is 2. The smallest absolute Gasteiger partial charge is 0.247 e. The number of amides is 2. The number of carbonyl (C=O) groups excluding carboxylic acids is 2. The average Bonchev–Trinajstić information content (AvgIpc) is 3.44. The summed E-state index contributed by atoms with van der Waals surface area (Å²) < 4.78 is 12.5. The molecule has 1 fully saturated rings. The first-order valence-corrected chi connectivity index (χ1v) is 13.2. The number of hydrogen-bond donors (Lipinski definition) is 3. The van der Waals surface area contributed by atoms with Crippen LogP contribution in [0.25, 0.3) is 0 Å². The maximum absolute atomic E-state index is 13.7. The van der Waals surface area contributed by atoms with Crippen molar-refractivity contribution in [1.29, 1.82) is 0 Å². The Morgan fingerprint density at radius 3 is 2.58 bits per heavy atom. The van der Waals surface area contributed by atoms with E-state index in [4.69, 9.17) is 14.6 Å². The molecule has 0 spiro atoms. The van der Waals surface area contributed by atoms with E-state index in [-0.39, 0.29) is 37.3 Å². The molecule has 4 unspecified atom stereocenters. The van der Waals surface area contributed by atoms with Gasteiger partial charge in [-0.2, -0.15) is 0 Å². The van der Waals surface area contributed by atoms with Gasteiger partial charge >= 0.3 is 0 Å². The summed E-state index contributed by atoms with van der Waals surface area (Å²) in [5.74, 6) is -0.175. The van der Waals surface area contributed by atoms with Crippen LogP contribution in [0.2, 0.25) is 0 Å². The van der Waals surface area contributed by atoms with Crippen molar-refractivity contribution in [1.82, 2.24) is 10.2 Å². The van der Waals surface area contributed by atoms with Gasteiger partial charge < -0.3 is 29.9 Å². The van der Waals surface area contributed by atoms with Crippen molar-refractivity contribution >= 4 is 34.4 Å². The van der Waals surface area contributed by atoms with Gasteiger partial charge in [0.1, 0.15) is 18.0 Å². The number of hydrogen-bond acceptors (Lipinski definition) is 6. The molecule has 1 aliphatic heterocycles. The molecule has 1 aliphatic carbocycles. The molecule has 2 aromatic carbocycles. The highest BCUT2D eigenvalue weighted by molar-refractivity contribution is 14.1. The zero-order valence-electron chi connectivity index (χ0n) is 19.9. The lowest BCUT2D eigenvalue weighted by molar-refractivity contribution is -0.143. The minimum Gasteiger partial charge on any atom is -0.482 e. The first-order valence-electron chi connectivity index (χ1n) is 12.1. The highest BCUT2D eigenvalue weighted by Crippen LogP contribution is 2.31. The Bertz CT molecular complexity index is 1070. The first-order chi connectivity index (χ1) is 17.5. The van der Waals surface area contributed by atoms with Crippen LogP contribution in [0, 0.1) is 9.49 Å². The number of rotatable bonds is 9. The van der Waals surface area contributed by atoms with Crippen LogP contribution in [0.4, 0.5) is 0 Å². The number of nitrogens with one attached hydrogen (secondary N) is 1. The third-order valence-corrected chi connectivity index (χ3v) is 7.36. The number of aliphatic hydroxyl groups excluding tert-OH is 2. The van der Waals surface area contributed by atoms with E-state index in [9.17, 15) is 14.7 Å². The molecule has 3 N–H and O–H groups in total. The van der Waals surface area contributed by atoms with Gasteiger partial charge in [0.15, 0.2) is 0 Å². The second-order valence-corrected chi connectivity index (χ2v) is 10.1. The van der Waals surface area contributed by atoms with E-state index in [1.807, 2.05) is 48.5 Å². The summed E-state index contributed by atoms with van der Waals surface area (Å²) in [5.41, 5.74) is 1.33. The van der Waals surface area contributed by atoms with Crippen molar-refractivity contribution in [3.8, 4) is 5.75 Å². The molecule has 192 valence electrons. The second kappa shape index (κ2) is 12.7. The predicted molar refractivity (Wildman–Crippen MR) is 142 cm³/mol. The van der Waals surface area contributed by atoms with Gasteiger partial charge in [-0.25, -0.2) is 0 Å². The highest BCUT2D eigenvalue weighted by Gasteiger charge is 2.42. The SMILES string of the molecule is O=C(NCCO)C1=CC(Oc2ccccc2I)C(O)C(N(Cc2ccccc2)C(=O)C2CCOC2)C1. The van der Waals surface area contributed by atoms with Crippen LogP contribution >= 0.6 is 22.6 Å². The van der Waals surface area contributed by atoms with Crippen LogP contribution < -0.4 is 10.1 Å². The largest absolute Gasteiger partial charge is 0.482 e. The van der Waals surface area contributed by atoms with E-state index in [0.717, 1.165) is 9.13 Å². The fourth-order valence-electron chi connectivity index (χ4n) is 4.57. The average molecular weight is 606 g/mol. The maximum atomic E-state index is 13.7. The topological polar surface area (TPSA) is 108 Å². The Morgan fingerprint density at radius 2 is 1.89 bits per heavy atom. The summed E-state index contributed by atoms with van der Waals surface area (Å²) >= 11 is 2.16. The third-order valence-electron chi connectivity index (χ3n) is 6.47. The number of para-hydroxylation sites is 1. The van der Waals surface area contributed by atoms with E-state index in [1.165, 1.54) is 0 Å². The van der Waals surface area contributed by atoms with Crippen LogP contribution in [0.1, 0.15) is 18.4 Å². The molecule has 0 radical (unpaired) electrons. The van der Waals surface area contributed by atoms with Gasteiger partial charge in [0.25, 0.3) is 0 Å². The number of halogens is 1. The maximum Gasteiger partial charge on any atom is 0.247 e.